The van der Waals surface area contributed by atoms with Gasteiger partial charge in [-0.25, -0.2) is 4.98 Å². The molecule has 0 saturated carbocycles. The molecule has 1 aromatic carbocycles. The van der Waals surface area contributed by atoms with Crippen LogP contribution in [0.15, 0.2) is 40.3 Å². The highest BCUT2D eigenvalue weighted by Gasteiger charge is 2.26. The number of nitrogens with zero attached hydrogens (tertiary/aromatic N) is 3. The minimum absolute atomic E-state index is 0.00354. The molecule has 3 aromatic rings. The molecule has 0 radical (unpaired) electrons. The van der Waals surface area contributed by atoms with Crippen LogP contribution >= 0.6 is 23.1 Å². The first-order valence-corrected chi connectivity index (χ1v) is 13.0. The SMILES string of the molecule is CC1CCc2c(sc3nc(SCC(=O)N4CCCCC4)n(-c4ccccc4)c(=O)c23)C1. The van der Waals surface area contributed by atoms with Crippen LogP contribution in [0.2, 0.25) is 0 Å². The number of fused-ring (bicyclic) bond motifs is 3. The third-order valence-electron chi connectivity index (χ3n) is 6.35. The van der Waals surface area contributed by atoms with Crippen molar-refractivity contribution in [2.75, 3.05) is 18.8 Å². The number of thioether (sulfide) groups is 1. The van der Waals surface area contributed by atoms with Crippen molar-refractivity contribution >= 4 is 39.2 Å². The minimum Gasteiger partial charge on any atom is -0.342 e. The van der Waals surface area contributed by atoms with E-state index in [9.17, 15) is 9.59 Å². The molecule has 0 bridgehead atoms. The lowest BCUT2D eigenvalue weighted by Crippen LogP contribution is -2.36. The maximum absolute atomic E-state index is 13.7. The number of likely N-dealkylation sites (tertiary alicyclic amines) is 1. The summed E-state index contributed by atoms with van der Waals surface area (Å²) in [4.78, 5) is 35.5. The molecule has 1 unspecified atom stereocenters. The molecule has 2 aliphatic rings. The van der Waals surface area contributed by atoms with Gasteiger partial charge >= 0.3 is 0 Å². The number of carbonyl (C=O) groups excluding carboxylic acids is 1. The fourth-order valence-corrected chi connectivity index (χ4v) is 6.97. The monoisotopic (exact) mass is 453 g/mol. The van der Waals surface area contributed by atoms with E-state index in [4.69, 9.17) is 4.98 Å². The zero-order valence-corrected chi connectivity index (χ0v) is 19.4. The Bertz CT molecular complexity index is 1160. The molecular formula is C24H27N3O2S2. The van der Waals surface area contributed by atoms with Crippen LogP contribution in [0.1, 0.15) is 43.0 Å². The Balaban J connectivity index is 1.56. The summed E-state index contributed by atoms with van der Waals surface area (Å²) in [6, 6.07) is 9.69. The van der Waals surface area contributed by atoms with Crippen molar-refractivity contribution in [3.05, 3.63) is 51.1 Å². The van der Waals surface area contributed by atoms with Gasteiger partial charge in [0.15, 0.2) is 5.16 Å². The van der Waals surface area contributed by atoms with Crippen LogP contribution in [-0.2, 0) is 17.6 Å². The van der Waals surface area contributed by atoms with Gasteiger partial charge in [-0.1, -0.05) is 36.9 Å². The molecule has 1 aliphatic heterocycles. The summed E-state index contributed by atoms with van der Waals surface area (Å²) in [5, 5.41) is 1.39. The predicted octanol–water partition coefficient (Wildman–Crippen LogP) is 4.68. The largest absolute Gasteiger partial charge is 0.342 e. The molecule has 1 atom stereocenters. The van der Waals surface area contributed by atoms with Crippen LogP contribution in [0.25, 0.3) is 15.9 Å². The van der Waals surface area contributed by atoms with E-state index in [0.717, 1.165) is 61.1 Å². The summed E-state index contributed by atoms with van der Waals surface area (Å²) in [5.74, 6) is 1.10. The Hall–Kier alpha value is -2.12. The first kappa shape index (κ1) is 20.8. The average Bonchev–Trinajstić information content (AvgIpc) is 3.16. The minimum atomic E-state index is -0.00354. The fraction of sp³-hybridized carbons (Fsp3) is 0.458. The van der Waals surface area contributed by atoms with Crippen molar-refractivity contribution in [2.24, 2.45) is 5.92 Å². The number of piperidine rings is 1. The highest BCUT2D eigenvalue weighted by Crippen LogP contribution is 2.37. The van der Waals surface area contributed by atoms with E-state index in [2.05, 4.69) is 6.92 Å². The van der Waals surface area contributed by atoms with Crippen molar-refractivity contribution in [1.29, 1.82) is 0 Å². The number of aryl methyl sites for hydroxylation is 1. The molecule has 3 heterocycles. The highest BCUT2D eigenvalue weighted by molar-refractivity contribution is 7.99. The maximum atomic E-state index is 13.7. The zero-order valence-electron chi connectivity index (χ0n) is 17.8. The highest BCUT2D eigenvalue weighted by atomic mass is 32.2. The lowest BCUT2D eigenvalue weighted by atomic mass is 9.89. The van der Waals surface area contributed by atoms with Crippen molar-refractivity contribution in [3.63, 3.8) is 0 Å². The van der Waals surface area contributed by atoms with Crippen LogP contribution in [-0.4, -0.2) is 39.2 Å². The summed E-state index contributed by atoms with van der Waals surface area (Å²) in [5.41, 5.74) is 2.00. The number of hydrogen-bond acceptors (Lipinski definition) is 5. The fourth-order valence-electron chi connectivity index (χ4n) is 4.63. The molecule has 5 nitrogen and oxygen atoms in total. The van der Waals surface area contributed by atoms with Gasteiger partial charge in [-0.3, -0.25) is 14.2 Å². The summed E-state index contributed by atoms with van der Waals surface area (Å²) in [7, 11) is 0. The zero-order chi connectivity index (χ0) is 21.4. The first-order chi connectivity index (χ1) is 15.1. The molecule has 162 valence electrons. The molecule has 1 fully saturated rings. The molecular weight excluding hydrogens is 426 g/mol. The molecule has 1 aliphatic carbocycles. The van der Waals surface area contributed by atoms with Crippen LogP contribution < -0.4 is 5.56 Å². The quantitative estimate of drug-likeness (QED) is 0.425. The van der Waals surface area contributed by atoms with Gasteiger partial charge in [0.1, 0.15) is 4.83 Å². The molecule has 0 spiro atoms. The van der Waals surface area contributed by atoms with Crippen molar-refractivity contribution in [3.8, 4) is 5.69 Å². The molecule has 1 amide bonds. The van der Waals surface area contributed by atoms with E-state index in [1.165, 1.54) is 28.6 Å². The Morgan fingerprint density at radius 2 is 1.97 bits per heavy atom. The Morgan fingerprint density at radius 1 is 1.19 bits per heavy atom. The summed E-state index contributed by atoms with van der Waals surface area (Å²) in [6.45, 7) is 3.96. The smallest absolute Gasteiger partial charge is 0.267 e. The van der Waals surface area contributed by atoms with E-state index in [-0.39, 0.29) is 11.5 Å². The van der Waals surface area contributed by atoms with Gasteiger partial charge in [0.25, 0.3) is 5.56 Å². The number of carbonyl (C=O) groups is 1. The van der Waals surface area contributed by atoms with E-state index >= 15 is 0 Å². The van der Waals surface area contributed by atoms with E-state index < -0.39 is 0 Å². The second-order valence-corrected chi connectivity index (χ2v) is 10.7. The van der Waals surface area contributed by atoms with E-state index in [1.807, 2.05) is 35.2 Å². The van der Waals surface area contributed by atoms with Gasteiger partial charge < -0.3 is 4.90 Å². The Morgan fingerprint density at radius 3 is 2.74 bits per heavy atom. The number of para-hydroxylation sites is 1. The molecule has 2 aromatic heterocycles. The second kappa shape index (κ2) is 8.79. The van der Waals surface area contributed by atoms with Gasteiger partial charge in [-0.15, -0.1) is 11.3 Å². The van der Waals surface area contributed by atoms with E-state index in [0.29, 0.717) is 16.8 Å². The van der Waals surface area contributed by atoms with Crippen LogP contribution in [0, 0.1) is 5.92 Å². The third-order valence-corrected chi connectivity index (χ3v) is 8.42. The molecule has 31 heavy (non-hydrogen) atoms. The van der Waals surface area contributed by atoms with Crippen LogP contribution in [0.3, 0.4) is 0 Å². The Labute approximate surface area is 190 Å². The van der Waals surface area contributed by atoms with Gasteiger partial charge in [-0.05, 0) is 62.1 Å². The lowest BCUT2D eigenvalue weighted by Gasteiger charge is -2.26. The van der Waals surface area contributed by atoms with Gasteiger partial charge in [0, 0.05) is 18.0 Å². The summed E-state index contributed by atoms with van der Waals surface area (Å²) < 4.78 is 1.71. The molecule has 7 heteroatoms. The lowest BCUT2D eigenvalue weighted by molar-refractivity contribution is -0.129. The van der Waals surface area contributed by atoms with Crippen LogP contribution in [0.4, 0.5) is 0 Å². The number of rotatable bonds is 4. The summed E-state index contributed by atoms with van der Waals surface area (Å²) in [6.07, 6.45) is 6.44. The van der Waals surface area contributed by atoms with Gasteiger partial charge in [-0.2, -0.15) is 0 Å². The summed E-state index contributed by atoms with van der Waals surface area (Å²) >= 11 is 3.05. The van der Waals surface area contributed by atoms with Crippen LogP contribution in [0.5, 0.6) is 0 Å². The van der Waals surface area contributed by atoms with E-state index in [1.54, 1.807) is 15.9 Å². The topological polar surface area (TPSA) is 55.2 Å². The number of amides is 1. The molecule has 1 saturated heterocycles. The standard InChI is InChI=1S/C24H27N3O2S2/c1-16-10-11-18-19(14-16)31-22-21(18)23(29)27(17-8-4-2-5-9-17)24(25-22)30-15-20(28)26-12-6-3-7-13-26/h2,4-5,8-9,16H,3,6-7,10-15H2,1H3. The normalized spacial score (nSPS) is 18.9. The van der Waals surface area contributed by atoms with Crippen molar-refractivity contribution < 1.29 is 4.79 Å². The Kier molecular flexibility index (Phi) is 5.89. The number of aromatic nitrogens is 2. The predicted molar refractivity (Wildman–Crippen MR) is 128 cm³/mol. The number of hydrogen-bond donors (Lipinski definition) is 0. The average molecular weight is 454 g/mol. The second-order valence-electron chi connectivity index (χ2n) is 8.63. The number of benzene rings is 1. The van der Waals surface area contributed by atoms with Gasteiger partial charge in [0.2, 0.25) is 5.91 Å². The number of thiophene rings is 1. The third kappa shape index (κ3) is 4.05. The van der Waals surface area contributed by atoms with Gasteiger partial charge in [0.05, 0.1) is 16.8 Å². The van der Waals surface area contributed by atoms with Crippen molar-refractivity contribution in [2.45, 2.75) is 50.6 Å². The van der Waals surface area contributed by atoms with Crippen molar-refractivity contribution in [1.82, 2.24) is 14.5 Å². The first-order valence-electron chi connectivity index (χ1n) is 11.1. The molecule has 5 rings (SSSR count). The molecule has 0 N–H and O–H groups in total. The maximum Gasteiger partial charge on any atom is 0.267 e.